The zero-order valence-electron chi connectivity index (χ0n) is 12.7. The van der Waals surface area contributed by atoms with E-state index in [-0.39, 0.29) is 5.91 Å². The number of carbonyl (C=O) groups excluding carboxylic acids is 1. The first kappa shape index (κ1) is 16.5. The Morgan fingerprint density at radius 3 is 2.36 bits per heavy atom. The quantitative estimate of drug-likeness (QED) is 0.832. The molecule has 1 aromatic carbocycles. The molecule has 0 unspecified atom stereocenters. The van der Waals surface area contributed by atoms with Gasteiger partial charge in [0.2, 0.25) is 0 Å². The number of hydrogen-bond donors (Lipinski definition) is 1. The lowest BCUT2D eigenvalue weighted by Crippen LogP contribution is -2.38. The summed E-state index contributed by atoms with van der Waals surface area (Å²) in [7, 11) is 4.84. The maximum Gasteiger partial charge on any atom is 0.268 e. The predicted octanol–water partition coefficient (Wildman–Crippen LogP) is 2.77. The first-order valence-corrected chi connectivity index (χ1v) is 7.18. The van der Waals surface area contributed by atoms with Crippen molar-refractivity contribution in [2.75, 3.05) is 14.2 Å². The largest absolute Gasteiger partial charge is 0.353 e. The van der Waals surface area contributed by atoms with Crippen molar-refractivity contribution in [1.29, 1.82) is 0 Å². The van der Waals surface area contributed by atoms with Gasteiger partial charge in [-0.15, -0.1) is 0 Å². The number of ether oxygens (including phenoxy) is 2. The molecule has 0 aliphatic carbocycles. The maximum atomic E-state index is 12.5. The van der Waals surface area contributed by atoms with E-state index >= 15 is 0 Å². The van der Waals surface area contributed by atoms with E-state index in [1.807, 2.05) is 30.3 Å². The van der Waals surface area contributed by atoms with Gasteiger partial charge in [0.1, 0.15) is 11.7 Å². The van der Waals surface area contributed by atoms with Gasteiger partial charge in [-0.25, -0.2) is 0 Å². The zero-order valence-corrected chi connectivity index (χ0v) is 13.5. The van der Waals surface area contributed by atoms with Crippen molar-refractivity contribution in [2.45, 2.75) is 12.3 Å². The summed E-state index contributed by atoms with van der Waals surface area (Å²) in [5.74, 6) is -0.248. The molecule has 0 aliphatic rings. The number of aromatic nitrogens is 1. The van der Waals surface area contributed by atoms with E-state index in [1.54, 1.807) is 23.9 Å². The fourth-order valence-electron chi connectivity index (χ4n) is 2.30. The summed E-state index contributed by atoms with van der Waals surface area (Å²) in [5, 5.41) is 3.45. The second kappa shape index (κ2) is 7.45. The van der Waals surface area contributed by atoms with Crippen molar-refractivity contribution < 1.29 is 14.3 Å². The van der Waals surface area contributed by atoms with Crippen LogP contribution >= 0.6 is 11.6 Å². The smallest absolute Gasteiger partial charge is 0.268 e. The summed E-state index contributed by atoms with van der Waals surface area (Å²) >= 11 is 5.93. The van der Waals surface area contributed by atoms with Crippen molar-refractivity contribution in [3.8, 4) is 0 Å². The number of methoxy groups -OCH3 is 2. The molecule has 0 spiro atoms. The average Bonchev–Trinajstić information content (AvgIpc) is 2.87. The van der Waals surface area contributed by atoms with E-state index in [0.717, 1.165) is 5.56 Å². The Kier molecular flexibility index (Phi) is 5.60. The molecule has 0 bridgehead atoms. The predicted molar refractivity (Wildman–Crippen MR) is 84.9 cm³/mol. The van der Waals surface area contributed by atoms with Crippen LogP contribution < -0.4 is 5.32 Å². The Balaban J connectivity index is 2.26. The molecular weight excluding hydrogens is 304 g/mol. The third-order valence-corrected chi connectivity index (χ3v) is 3.59. The van der Waals surface area contributed by atoms with Crippen LogP contribution in [0.1, 0.15) is 22.1 Å². The second-order valence-corrected chi connectivity index (χ2v) is 5.29. The van der Waals surface area contributed by atoms with E-state index in [4.69, 9.17) is 21.1 Å². The molecule has 5 nitrogen and oxygen atoms in total. The summed E-state index contributed by atoms with van der Waals surface area (Å²) in [6.45, 7) is 0. The minimum atomic E-state index is -0.595. The van der Waals surface area contributed by atoms with Gasteiger partial charge in [-0.05, 0) is 11.6 Å². The number of nitrogens with one attached hydrogen (secondary N) is 1. The van der Waals surface area contributed by atoms with Crippen molar-refractivity contribution in [3.05, 3.63) is 58.9 Å². The molecule has 1 amide bonds. The Morgan fingerprint density at radius 1 is 1.23 bits per heavy atom. The second-order valence-electron chi connectivity index (χ2n) is 4.86. The molecular formula is C16H19ClN2O3. The monoisotopic (exact) mass is 322 g/mol. The van der Waals surface area contributed by atoms with Crippen molar-refractivity contribution >= 4 is 17.5 Å². The minimum Gasteiger partial charge on any atom is -0.353 e. The van der Waals surface area contributed by atoms with Crippen LogP contribution in [-0.2, 0) is 16.5 Å². The number of nitrogens with zero attached hydrogens (tertiary/aromatic N) is 1. The molecule has 1 N–H and O–H groups in total. The molecule has 0 aliphatic heterocycles. The normalized spacial score (nSPS) is 12.4. The van der Waals surface area contributed by atoms with Gasteiger partial charge in [-0.3, -0.25) is 4.79 Å². The van der Waals surface area contributed by atoms with Crippen molar-refractivity contribution in [1.82, 2.24) is 9.88 Å². The van der Waals surface area contributed by atoms with Crippen LogP contribution in [0.3, 0.4) is 0 Å². The first-order chi connectivity index (χ1) is 10.6. The van der Waals surface area contributed by atoms with Crippen molar-refractivity contribution in [3.63, 3.8) is 0 Å². The minimum absolute atomic E-state index is 0.248. The summed E-state index contributed by atoms with van der Waals surface area (Å²) in [6, 6.07) is 10.7. The highest BCUT2D eigenvalue weighted by atomic mass is 35.5. The Morgan fingerprint density at radius 2 is 1.86 bits per heavy atom. The summed E-state index contributed by atoms with van der Waals surface area (Å²) in [4.78, 5) is 12.5. The highest BCUT2D eigenvalue weighted by Crippen LogP contribution is 2.21. The lowest BCUT2D eigenvalue weighted by molar-refractivity contribution is -0.122. The summed E-state index contributed by atoms with van der Waals surface area (Å²) in [5.41, 5.74) is 1.36. The topological polar surface area (TPSA) is 52.5 Å². The highest BCUT2D eigenvalue weighted by Gasteiger charge is 2.26. The van der Waals surface area contributed by atoms with Crippen LogP contribution in [-0.4, -0.2) is 31.0 Å². The van der Waals surface area contributed by atoms with Crippen LogP contribution in [0.15, 0.2) is 42.6 Å². The van der Waals surface area contributed by atoms with E-state index in [9.17, 15) is 4.79 Å². The number of hydrogen-bond acceptors (Lipinski definition) is 3. The first-order valence-electron chi connectivity index (χ1n) is 6.80. The van der Waals surface area contributed by atoms with Gasteiger partial charge >= 0.3 is 0 Å². The number of carbonyl (C=O) groups is 1. The average molecular weight is 323 g/mol. The fraction of sp³-hybridized carbons (Fsp3) is 0.312. The molecule has 2 aromatic rings. The molecule has 1 heterocycles. The molecule has 0 saturated carbocycles. The van der Waals surface area contributed by atoms with Crippen LogP contribution in [0.5, 0.6) is 0 Å². The molecule has 6 heteroatoms. The SMILES string of the molecule is COC(OC)[C@@H](NC(=O)c1cc(Cl)cn1C)c1ccccc1. The lowest BCUT2D eigenvalue weighted by atomic mass is 10.1. The number of amides is 1. The molecule has 22 heavy (non-hydrogen) atoms. The number of halogens is 1. The van der Waals surface area contributed by atoms with E-state index in [1.165, 1.54) is 14.2 Å². The van der Waals surface area contributed by atoms with E-state index in [0.29, 0.717) is 10.7 Å². The fourth-order valence-corrected chi connectivity index (χ4v) is 2.55. The molecule has 1 atom stereocenters. The van der Waals surface area contributed by atoms with Gasteiger partial charge in [0.15, 0.2) is 6.29 Å². The standard InChI is InChI=1S/C16H19ClN2O3/c1-19-10-12(17)9-13(19)15(20)18-14(16(21-2)22-3)11-7-5-4-6-8-11/h4-10,14,16H,1-3H3,(H,18,20)/t14-/m0/s1. The van der Waals surface area contributed by atoms with Crippen LogP contribution in [0, 0.1) is 0 Å². The van der Waals surface area contributed by atoms with Crippen LogP contribution in [0.4, 0.5) is 0 Å². The van der Waals surface area contributed by atoms with Crippen LogP contribution in [0.25, 0.3) is 0 Å². The summed E-state index contributed by atoms with van der Waals surface area (Å²) in [6.07, 6.45) is 1.08. The van der Waals surface area contributed by atoms with Gasteiger partial charge < -0.3 is 19.4 Å². The molecule has 1 aromatic heterocycles. The Hall–Kier alpha value is -1.82. The van der Waals surface area contributed by atoms with Crippen molar-refractivity contribution in [2.24, 2.45) is 7.05 Å². The van der Waals surface area contributed by atoms with E-state index < -0.39 is 12.3 Å². The highest BCUT2D eigenvalue weighted by molar-refractivity contribution is 6.31. The van der Waals surface area contributed by atoms with Gasteiger partial charge in [0, 0.05) is 27.5 Å². The Labute approximate surface area is 134 Å². The number of aryl methyl sites for hydroxylation is 1. The number of rotatable bonds is 6. The molecule has 118 valence electrons. The molecule has 0 fully saturated rings. The third-order valence-electron chi connectivity index (χ3n) is 3.39. The summed E-state index contributed by atoms with van der Waals surface area (Å²) < 4.78 is 12.3. The number of benzene rings is 1. The van der Waals surface area contributed by atoms with Gasteiger partial charge in [-0.2, -0.15) is 0 Å². The molecule has 0 saturated heterocycles. The zero-order chi connectivity index (χ0) is 16.1. The van der Waals surface area contributed by atoms with Gasteiger partial charge in [0.25, 0.3) is 5.91 Å². The van der Waals surface area contributed by atoms with Gasteiger partial charge in [-0.1, -0.05) is 41.9 Å². The molecule has 0 radical (unpaired) electrons. The van der Waals surface area contributed by atoms with Crippen LogP contribution in [0.2, 0.25) is 5.02 Å². The van der Waals surface area contributed by atoms with Gasteiger partial charge in [0.05, 0.1) is 5.02 Å². The molecule has 2 rings (SSSR count). The lowest BCUT2D eigenvalue weighted by Gasteiger charge is -2.26. The Bertz CT molecular complexity index is 624. The third kappa shape index (κ3) is 3.68. The maximum absolute atomic E-state index is 12.5. The van der Waals surface area contributed by atoms with E-state index in [2.05, 4.69) is 5.32 Å².